The molecule has 10 nitrogen and oxygen atoms in total. The van der Waals surface area contributed by atoms with E-state index in [9.17, 15) is 14.4 Å². The molecule has 0 saturated heterocycles. The number of nitrogens with one attached hydrogen (secondary N) is 2. The Morgan fingerprint density at radius 2 is 2.00 bits per heavy atom. The number of carbonyl (C=O) groups excluding carboxylic acids is 1. The summed E-state index contributed by atoms with van der Waals surface area (Å²) in [5.41, 5.74) is -1.29. The molecule has 0 bridgehead atoms. The molecule has 10 heteroatoms. The molecule has 0 aliphatic heterocycles. The van der Waals surface area contributed by atoms with Crippen LogP contribution in [0.15, 0.2) is 15.8 Å². The summed E-state index contributed by atoms with van der Waals surface area (Å²) in [6.45, 7) is 0.714. The second-order valence-corrected chi connectivity index (χ2v) is 7.02. The fraction of sp³-hybridized carbons (Fsp3) is 0.562. The van der Waals surface area contributed by atoms with Gasteiger partial charge in [0, 0.05) is 32.3 Å². The molecule has 2 aromatic heterocycles. The fourth-order valence-electron chi connectivity index (χ4n) is 3.09. The highest BCUT2D eigenvalue weighted by atomic mass is 16.2. The maximum absolute atomic E-state index is 12.3. The molecule has 0 unspecified atom stereocenters. The molecule has 0 aromatic carbocycles. The van der Waals surface area contributed by atoms with Crippen LogP contribution in [0.5, 0.6) is 0 Å². The van der Waals surface area contributed by atoms with Crippen molar-refractivity contribution in [2.75, 3.05) is 14.1 Å². The summed E-state index contributed by atoms with van der Waals surface area (Å²) in [6.07, 6.45) is 2.73. The van der Waals surface area contributed by atoms with E-state index in [1.165, 1.54) is 17.8 Å². The molecule has 0 radical (unpaired) electrons. The van der Waals surface area contributed by atoms with E-state index in [0.29, 0.717) is 6.54 Å². The topological polar surface area (TPSA) is 118 Å². The number of carbonyl (C=O) groups is 1. The van der Waals surface area contributed by atoms with Gasteiger partial charge in [0.15, 0.2) is 0 Å². The third kappa shape index (κ3) is 3.45. The zero-order chi connectivity index (χ0) is 19.0. The van der Waals surface area contributed by atoms with E-state index in [4.69, 9.17) is 0 Å². The Kier molecular flexibility index (Phi) is 4.77. The second kappa shape index (κ2) is 6.87. The zero-order valence-electron chi connectivity index (χ0n) is 15.3. The minimum atomic E-state index is -0.678. The Hall–Kier alpha value is -2.75. The highest BCUT2D eigenvalue weighted by Crippen LogP contribution is 2.36. The first-order valence-corrected chi connectivity index (χ1v) is 8.40. The second-order valence-electron chi connectivity index (χ2n) is 7.02. The van der Waals surface area contributed by atoms with Crippen molar-refractivity contribution in [2.45, 2.75) is 31.3 Å². The van der Waals surface area contributed by atoms with Crippen LogP contribution in [0.1, 0.15) is 40.8 Å². The summed E-state index contributed by atoms with van der Waals surface area (Å²) >= 11 is 0. The lowest BCUT2D eigenvalue weighted by Crippen LogP contribution is -2.46. The summed E-state index contributed by atoms with van der Waals surface area (Å²) in [5.74, 6) is 1.56. The number of aromatic amines is 1. The zero-order valence-corrected chi connectivity index (χ0v) is 15.3. The van der Waals surface area contributed by atoms with E-state index in [0.717, 1.165) is 24.5 Å². The number of H-pyrrole nitrogens is 1. The normalized spacial score (nSPS) is 19.4. The Morgan fingerprint density at radius 3 is 2.65 bits per heavy atom. The Balaban J connectivity index is 1.62. The van der Waals surface area contributed by atoms with Crippen molar-refractivity contribution in [3.63, 3.8) is 0 Å². The monoisotopic (exact) mass is 361 g/mol. The van der Waals surface area contributed by atoms with Gasteiger partial charge in [0.2, 0.25) is 0 Å². The van der Waals surface area contributed by atoms with Gasteiger partial charge in [-0.25, -0.2) is 4.79 Å². The van der Waals surface area contributed by atoms with Crippen LogP contribution in [0.25, 0.3) is 0 Å². The maximum Gasteiger partial charge on any atom is 0.328 e. The lowest BCUT2D eigenvalue weighted by atomic mass is 9.79. The predicted octanol–water partition coefficient (Wildman–Crippen LogP) is -1.06. The molecule has 1 aliphatic carbocycles. The van der Waals surface area contributed by atoms with Crippen LogP contribution >= 0.6 is 0 Å². The van der Waals surface area contributed by atoms with Crippen molar-refractivity contribution in [3.8, 4) is 0 Å². The van der Waals surface area contributed by atoms with Crippen molar-refractivity contribution < 1.29 is 4.79 Å². The molecule has 3 rings (SSSR count). The first kappa shape index (κ1) is 18.1. The summed E-state index contributed by atoms with van der Waals surface area (Å²) < 4.78 is 3.17. The van der Waals surface area contributed by atoms with Gasteiger partial charge in [0.05, 0.1) is 6.54 Å². The molecule has 2 aromatic rings. The maximum atomic E-state index is 12.3. The van der Waals surface area contributed by atoms with Crippen LogP contribution in [-0.2, 0) is 20.6 Å². The van der Waals surface area contributed by atoms with Crippen molar-refractivity contribution >= 4 is 5.91 Å². The van der Waals surface area contributed by atoms with Gasteiger partial charge in [-0.1, -0.05) is 0 Å². The average molecular weight is 361 g/mol. The highest BCUT2D eigenvalue weighted by Gasteiger charge is 2.35. The van der Waals surface area contributed by atoms with E-state index in [1.807, 2.05) is 30.6 Å². The van der Waals surface area contributed by atoms with Crippen molar-refractivity contribution in [2.24, 2.45) is 14.1 Å². The first-order chi connectivity index (χ1) is 12.3. The molecule has 1 amide bonds. The van der Waals surface area contributed by atoms with Gasteiger partial charge in [-0.2, -0.15) is 0 Å². The molecular formula is C16H23N7O3. The van der Waals surface area contributed by atoms with Crippen LogP contribution in [0.4, 0.5) is 0 Å². The van der Waals surface area contributed by atoms with E-state index in [1.54, 1.807) is 0 Å². The van der Waals surface area contributed by atoms with Gasteiger partial charge in [-0.05, 0) is 26.9 Å². The van der Waals surface area contributed by atoms with Crippen LogP contribution in [0.3, 0.4) is 0 Å². The van der Waals surface area contributed by atoms with Crippen LogP contribution < -0.4 is 16.6 Å². The van der Waals surface area contributed by atoms with Crippen molar-refractivity contribution in [3.05, 3.63) is 44.2 Å². The van der Waals surface area contributed by atoms with Gasteiger partial charge < -0.3 is 19.4 Å². The number of aromatic nitrogens is 5. The summed E-state index contributed by atoms with van der Waals surface area (Å²) in [4.78, 5) is 39.6. The first-order valence-electron chi connectivity index (χ1n) is 8.40. The van der Waals surface area contributed by atoms with Crippen molar-refractivity contribution in [1.82, 2.24) is 34.5 Å². The lowest BCUT2D eigenvalue weighted by molar-refractivity contribution is 0.0904. The molecule has 1 aliphatic rings. The van der Waals surface area contributed by atoms with E-state index >= 15 is 0 Å². The Bertz CT molecular complexity index is 934. The van der Waals surface area contributed by atoms with Crippen molar-refractivity contribution in [1.29, 1.82) is 0 Å². The standard InChI is InChI=1S/C16H23N7O3/c1-21(2)8-12-19-20-13(23(12)4)9-5-10(6-9)17-14(24)11-7-22(3)16(26)18-15(11)25/h7,9-10H,5-6,8H2,1-4H3,(H,17,24)(H,18,25,26). The SMILES string of the molecule is CN(C)Cc1nnc(C2CC(NC(=O)c3cn(C)c(=O)[nH]c3=O)C2)n1C. The predicted molar refractivity (Wildman–Crippen MR) is 93.9 cm³/mol. The quantitative estimate of drug-likeness (QED) is 0.701. The molecule has 2 N–H and O–H groups in total. The number of rotatable bonds is 5. The number of aryl methyl sites for hydroxylation is 1. The summed E-state index contributed by atoms with van der Waals surface area (Å²) in [6, 6.07) is -0.0295. The molecule has 1 saturated carbocycles. The Morgan fingerprint density at radius 1 is 1.31 bits per heavy atom. The Labute approximate surface area is 149 Å². The third-order valence-corrected chi connectivity index (χ3v) is 4.65. The van der Waals surface area contributed by atoms with E-state index in [-0.39, 0.29) is 17.5 Å². The molecule has 1 fully saturated rings. The van der Waals surface area contributed by atoms with Gasteiger partial charge in [-0.15, -0.1) is 10.2 Å². The van der Waals surface area contributed by atoms with Crippen LogP contribution in [0.2, 0.25) is 0 Å². The number of nitrogens with zero attached hydrogens (tertiary/aromatic N) is 5. The molecule has 0 atom stereocenters. The van der Waals surface area contributed by atoms with Gasteiger partial charge in [-0.3, -0.25) is 14.6 Å². The molecule has 140 valence electrons. The minimum absolute atomic E-state index is 0.0295. The molecular weight excluding hydrogens is 338 g/mol. The highest BCUT2D eigenvalue weighted by molar-refractivity contribution is 5.93. The third-order valence-electron chi connectivity index (χ3n) is 4.65. The van der Waals surface area contributed by atoms with Crippen LogP contribution in [0, 0.1) is 0 Å². The molecule has 2 heterocycles. The smallest absolute Gasteiger partial charge is 0.328 e. The average Bonchev–Trinajstić information content (AvgIpc) is 2.86. The number of hydrogen-bond acceptors (Lipinski definition) is 6. The number of hydrogen-bond donors (Lipinski definition) is 2. The lowest BCUT2D eigenvalue weighted by Gasteiger charge is -2.35. The molecule has 26 heavy (non-hydrogen) atoms. The number of amides is 1. The van der Waals surface area contributed by atoms with Gasteiger partial charge in [0.1, 0.15) is 17.2 Å². The summed E-state index contributed by atoms with van der Waals surface area (Å²) in [7, 11) is 7.38. The van der Waals surface area contributed by atoms with Gasteiger partial charge in [0.25, 0.3) is 11.5 Å². The largest absolute Gasteiger partial charge is 0.349 e. The van der Waals surface area contributed by atoms with E-state index < -0.39 is 17.2 Å². The summed E-state index contributed by atoms with van der Waals surface area (Å²) in [5, 5.41) is 11.3. The minimum Gasteiger partial charge on any atom is -0.349 e. The van der Waals surface area contributed by atoms with Crippen LogP contribution in [-0.4, -0.2) is 55.3 Å². The van der Waals surface area contributed by atoms with E-state index in [2.05, 4.69) is 20.5 Å². The molecule has 0 spiro atoms. The fourth-order valence-corrected chi connectivity index (χ4v) is 3.09. The van der Waals surface area contributed by atoms with Gasteiger partial charge >= 0.3 is 5.69 Å².